The van der Waals surface area contributed by atoms with Crippen LogP contribution in [-0.4, -0.2) is 50.3 Å². The smallest absolute Gasteiger partial charge is 0.475 e. The number of aryl methyl sites for hydroxylation is 1. The summed E-state index contributed by atoms with van der Waals surface area (Å²) in [6.45, 7) is 6.64. The normalized spacial score (nSPS) is 15.9. The van der Waals surface area contributed by atoms with Crippen molar-refractivity contribution in [2.24, 2.45) is 0 Å². The first-order chi connectivity index (χ1) is 15.1. The molecular weight excluding hydrogens is 427 g/mol. The monoisotopic (exact) mass is 455 g/mol. The lowest BCUT2D eigenvalue weighted by Crippen LogP contribution is -2.37. The number of amides is 1. The number of unbranched alkanes of at least 4 members (excludes halogenated alkanes) is 1. The first-order valence-electron chi connectivity index (χ1n) is 10.4. The Morgan fingerprint density at radius 3 is 2.56 bits per heavy atom. The Labute approximate surface area is 184 Å². The molecule has 1 N–H and O–H groups in total. The molecular formula is C22H28F3N3O4. The number of carbonyl (C=O) groups is 2. The standard InChI is InChI=1S/C20H27N3O2.C2HF3O2/c1-3-4-10-20(24)23-12-18-9-6-11-22(18)13-19(14-23)25-15-17-8-5-7-16(2)21-17;3-2(4,5)1(6)7/h5-9,11,19H,3-4,10,12-15H2,1-2H3;(H,6,7). The molecule has 2 aromatic heterocycles. The lowest BCUT2D eigenvalue weighted by molar-refractivity contribution is -0.192. The van der Waals surface area contributed by atoms with Crippen LogP contribution in [0.15, 0.2) is 36.5 Å². The number of fused-ring (bicyclic) bond motifs is 1. The summed E-state index contributed by atoms with van der Waals surface area (Å²) in [6.07, 6.45) is -0.453. The van der Waals surface area contributed by atoms with Gasteiger partial charge in [0.15, 0.2) is 0 Å². The van der Waals surface area contributed by atoms with Crippen molar-refractivity contribution >= 4 is 11.9 Å². The number of carboxylic acid groups (broad SMARTS) is 1. The minimum absolute atomic E-state index is 0.0264. The molecule has 2 aromatic rings. The van der Waals surface area contributed by atoms with Crippen LogP contribution < -0.4 is 0 Å². The van der Waals surface area contributed by atoms with Gasteiger partial charge in [-0.15, -0.1) is 0 Å². The fourth-order valence-corrected chi connectivity index (χ4v) is 3.22. The van der Waals surface area contributed by atoms with E-state index in [4.69, 9.17) is 14.6 Å². The Morgan fingerprint density at radius 1 is 1.22 bits per heavy atom. The highest BCUT2D eigenvalue weighted by molar-refractivity contribution is 5.76. The number of halogens is 3. The fraction of sp³-hybridized carbons (Fsp3) is 0.500. The number of aliphatic carboxylic acids is 1. The molecule has 0 saturated heterocycles. The van der Waals surface area contributed by atoms with Gasteiger partial charge in [0.05, 0.1) is 31.5 Å². The number of alkyl halides is 3. The number of carboxylic acids is 1. The maximum Gasteiger partial charge on any atom is 0.490 e. The minimum atomic E-state index is -5.08. The number of carbonyl (C=O) groups excluding carboxylic acids is 1. The van der Waals surface area contributed by atoms with Gasteiger partial charge in [-0.2, -0.15) is 13.2 Å². The predicted molar refractivity (Wildman–Crippen MR) is 111 cm³/mol. The van der Waals surface area contributed by atoms with Gasteiger partial charge >= 0.3 is 12.1 Å². The highest BCUT2D eigenvalue weighted by Gasteiger charge is 2.38. The highest BCUT2D eigenvalue weighted by atomic mass is 19.4. The number of hydrogen-bond acceptors (Lipinski definition) is 4. The van der Waals surface area contributed by atoms with E-state index >= 15 is 0 Å². The summed E-state index contributed by atoms with van der Waals surface area (Å²) in [5.41, 5.74) is 3.09. The fourth-order valence-electron chi connectivity index (χ4n) is 3.22. The number of hydrogen-bond donors (Lipinski definition) is 1. The van der Waals surface area contributed by atoms with E-state index in [9.17, 15) is 18.0 Å². The molecule has 0 aromatic carbocycles. The summed E-state index contributed by atoms with van der Waals surface area (Å²) in [7, 11) is 0. The second kappa shape index (κ2) is 11.7. The molecule has 0 aliphatic carbocycles. The van der Waals surface area contributed by atoms with Crippen molar-refractivity contribution in [2.45, 2.75) is 65.1 Å². The SMILES string of the molecule is CCCCC(=O)N1Cc2cccn2CC(OCc2cccc(C)n2)C1.O=C(O)C(F)(F)F. The van der Waals surface area contributed by atoms with Crippen molar-refractivity contribution in [2.75, 3.05) is 6.54 Å². The van der Waals surface area contributed by atoms with E-state index in [2.05, 4.69) is 28.7 Å². The zero-order valence-corrected chi connectivity index (χ0v) is 18.1. The van der Waals surface area contributed by atoms with Crippen LogP contribution in [0, 0.1) is 6.92 Å². The molecule has 176 valence electrons. The lowest BCUT2D eigenvalue weighted by atomic mass is 10.2. The van der Waals surface area contributed by atoms with Crippen molar-refractivity contribution < 1.29 is 32.6 Å². The second-order valence-electron chi connectivity index (χ2n) is 7.54. The molecule has 3 heterocycles. The van der Waals surface area contributed by atoms with E-state index in [1.165, 1.54) is 5.69 Å². The van der Waals surface area contributed by atoms with Crippen LogP contribution in [-0.2, 0) is 34.0 Å². The zero-order valence-electron chi connectivity index (χ0n) is 18.1. The third-order valence-electron chi connectivity index (χ3n) is 4.85. The van der Waals surface area contributed by atoms with Crippen LogP contribution in [0.2, 0.25) is 0 Å². The molecule has 10 heteroatoms. The van der Waals surface area contributed by atoms with Crippen LogP contribution in [0.1, 0.15) is 43.3 Å². The molecule has 0 bridgehead atoms. The predicted octanol–water partition coefficient (Wildman–Crippen LogP) is 3.94. The third-order valence-corrected chi connectivity index (χ3v) is 4.85. The van der Waals surface area contributed by atoms with E-state index in [1.54, 1.807) is 0 Å². The number of nitrogens with zero attached hydrogens (tertiary/aromatic N) is 3. The topological polar surface area (TPSA) is 84.7 Å². The van der Waals surface area contributed by atoms with Crippen molar-refractivity contribution in [1.82, 2.24) is 14.5 Å². The van der Waals surface area contributed by atoms with Crippen LogP contribution >= 0.6 is 0 Å². The van der Waals surface area contributed by atoms with Gasteiger partial charge in [-0.3, -0.25) is 9.78 Å². The van der Waals surface area contributed by atoms with Gasteiger partial charge in [-0.1, -0.05) is 19.4 Å². The summed E-state index contributed by atoms with van der Waals surface area (Å²) < 4.78 is 40.1. The van der Waals surface area contributed by atoms with Crippen molar-refractivity contribution in [3.05, 3.63) is 53.6 Å². The van der Waals surface area contributed by atoms with E-state index < -0.39 is 12.1 Å². The Bertz CT molecular complexity index is 899. The van der Waals surface area contributed by atoms with Crippen molar-refractivity contribution in [3.8, 4) is 0 Å². The first-order valence-corrected chi connectivity index (χ1v) is 10.4. The number of ether oxygens (including phenoxy) is 1. The molecule has 0 saturated carbocycles. The summed E-state index contributed by atoms with van der Waals surface area (Å²) in [5, 5.41) is 7.12. The molecule has 1 amide bonds. The van der Waals surface area contributed by atoms with Crippen LogP contribution in [0.3, 0.4) is 0 Å². The lowest BCUT2D eigenvalue weighted by Gasteiger charge is -2.24. The van der Waals surface area contributed by atoms with Gasteiger partial charge in [-0.25, -0.2) is 4.79 Å². The molecule has 1 atom stereocenters. The average Bonchev–Trinajstić information content (AvgIpc) is 3.08. The van der Waals surface area contributed by atoms with Gasteiger partial charge < -0.3 is 19.3 Å². The summed E-state index contributed by atoms with van der Waals surface area (Å²) in [4.78, 5) is 27.9. The molecule has 1 unspecified atom stereocenters. The van der Waals surface area contributed by atoms with Gasteiger partial charge in [0.2, 0.25) is 5.91 Å². The molecule has 3 rings (SSSR count). The number of pyridine rings is 1. The van der Waals surface area contributed by atoms with Crippen molar-refractivity contribution in [1.29, 1.82) is 0 Å². The van der Waals surface area contributed by atoms with Gasteiger partial charge in [0, 0.05) is 30.6 Å². The number of rotatable bonds is 6. The van der Waals surface area contributed by atoms with Gasteiger partial charge in [0.25, 0.3) is 0 Å². The molecule has 7 nitrogen and oxygen atoms in total. The van der Waals surface area contributed by atoms with Crippen molar-refractivity contribution in [3.63, 3.8) is 0 Å². The Kier molecular flexibility index (Phi) is 9.25. The Hall–Kier alpha value is -2.88. The Morgan fingerprint density at radius 2 is 1.94 bits per heavy atom. The van der Waals surface area contributed by atoms with E-state index in [0.717, 1.165) is 30.8 Å². The highest BCUT2D eigenvalue weighted by Crippen LogP contribution is 2.18. The maximum absolute atomic E-state index is 12.6. The number of aromatic nitrogens is 2. The molecule has 0 fully saturated rings. The van der Waals surface area contributed by atoms with E-state index in [1.807, 2.05) is 36.1 Å². The maximum atomic E-state index is 12.6. The third kappa shape index (κ3) is 7.99. The zero-order chi connectivity index (χ0) is 23.7. The second-order valence-corrected chi connectivity index (χ2v) is 7.54. The minimum Gasteiger partial charge on any atom is -0.475 e. The molecule has 32 heavy (non-hydrogen) atoms. The van der Waals surface area contributed by atoms with Gasteiger partial charge in [-0.05, 0) is 37.6 Å². The summed E-state index contributed by atoms with van der Waals surface area (Å²) >= 11 is 0. The summed E-state index contributed by atoms with van der Waals surface area (Å²) in [5.74, 6) is -2.54. The summed E-state index contributed by atoms with van der Waals surface area (Å²) in [6, 6.07) is 10.1. The van der Waals surface area contributed by atoms with Gasteiger partial charge in [0.1, 0.15) is 0 Å². The molecule has 1 aliphatic rings. The molecule has 1 aliphatic heterocycles. The van der Waals surface area contributed by atoms with Crippen LogP contribution in [0.5, 0.6) is 0 Å². The molecule has 0 radical (unpaired) electrons. The quantitative estimate of drug-likeness (QED) is 0.713. The first kappa shape index (κ1) is 25.4. The van der Waals surface area contributed by atoms with E-state index in [0.29, 0.717) is 26.1 Å². The largest absolute Gasteiger partial charge is 0.490 e. The van der Waals surface area contributed by atoms with Crippen LogP contribution in [0.25, 0.3) is 0 Å². The van der Waals surface area contributed by atoms with Crippen LogP contribution in [0.4, 0.5) is 13.2 Å². The average molecular weight is 455 g/mol. The van der Waals surface area contributed by atoms with E-state index in [-0.39, 0.29) is 12.0 Å². The molecule has 0 spiro atoms. The Balaban J connectivity index is 0.000000451.